The van der Waals surface area contributed by atoms with E-state index in [0.717, 1.165) is 4.47 Å². The third kappa shape index (κ3) is 5.33. The van der Waals surface area contributed by atoms with Gasteiger partial charge in [0.1, 0.15) is 5.82 Å². The zero-order valence-electron chi connectivity index (χ0n) is 19.0. The molecule has 0 saturated carbocycles. The van der Waals surface area contributed by atoms with E-state index in [1.807, 2.05) is 26.8 Å². The molecular formula is C23H25BrN4O5. The first-order chi connectivity index (χ1) is 15.5. The number of ether oxygens (including phenoxy) is 3. The summed E-state index contributed by atoms with van der Waals surface area (Å²) in [5.41, 5.74) is 5.61. The Hall–Kier alpha value is -3.40. The number of carbonyl (C=O) groups is 1. The highest BCUT2D eigenvalue weighted by Gasteiger charge is 2.23. The lowest BCUT2D eigenvalue weighted by atomic mass is 9.95. The van der Waals surface area contributed by atoms with Crippen LogP contribution < -0.4 is 25.5 Å². The third-order valence-corrected chi connectivity index (χ3v) is 5.14. The largest absolute Gasteiger partial charge is 0.493 e. The fraction of sp³-hybridized carbons (Fsp3) is 0.304. The van der Waals surface area contributed by atoms with Crippen molar-refractivity contribution in [3.05, 3.63) is 56.5 Å². The molecule has 9 nitrogen and oxygen atoms in total. The number of methoxy groups -OCH3 is 2. The molecule has 0 bridgehead atoms. The predicted octanol–water partition coefficient (Wildman–Crippen LogP) is 3.22. The van der Waals surface area contributed by atoms with Crippen LogP contribution in [0, 0.1) is 0 Å². The summed E-state index contributed by atoms with van der Waals surface area (Å²) in [5.74, 6) is 0.760. The summed E-state index contributed by atoms with van der Waals surface area (Å²) in [7, 11) is 2.92. The number of halogens is 1. The molecule has 2 N–H and O–H groups in total. The van der Waals surface area contributed by atoms with Crippen molar-refractivity contribution in [2.24, 2.45) is 10.8 Å². The van der Waals surface area contributed by atoms with Gasteiger partial charge in [0.05, 0.1) is 31.3 Å². The lowest BCUT2D eigenvalue weighted by molar-refractivity contribution is -0.120. The minimum absolute atomic E-state index is 0.237. The first-order valence-electron chi connectivity index (χ1n) is 9.99. The molecule has 0 aliphatic carbocycles. The molecule has 2 aromatic carbocycles. The number of amides is 1. The molecule has 0 aliphatic rings. The monoisotopic (exact) mass is 516 g/mol. The van der Waals surface area contributed by atoms with Crippen LogP contribution in [0.25, 0.3) is 10.9 Å². The van der Waals surface area contributed by atoms with E-state index in [1.165, 1.54) is 25.1 Å². The van der Waals surface area contributed by atoms with Crippen LogP contribution in [0.15, 0.2) is 44.7 Å². The van der Waals surface area contributed by atoms with E-state index in [0.29, 0.717) is 33.8 Å². The van der Waals surface area contributed by atoms with E-state index in [-0.39, 0.29) is 17.9 Å². The number of primary amides is 1. The zero-order chi connectivity index (χ0) is 24.3. The van der Waals surface area contributed by atoms with E-state index in [1.54, 1.807) is 24.3 Å². The van der Waals surface area contributed by atoms with Crippen molar-refractivity contribution in [2.45, 2.75) is 26.2 Å². The molecule has 0 fully saturated rings. The van der Waals surface area contributed by atoms with Crippen LogP contribution in [0.4, 0.5) is 0 Å². The Morgan fingerprint density at radius 2 is 1.82 bits per heavy atom. The summed E-state index contributed by atoms with van der Waals surface area (Å²) in [6.07, 6.45) is 1.51. The first kappa shape index (κ1) is 24.2. The lowest BCUT2D eigenvalue weighted by Crippen LogP contribution is -2.29. The Morgan fingerprint density at radius 1 is 1.18 bits per heavy atom. The Kier molecular flexibility index (Phi) is 7.06. The summed E-state index contributed by atoms with van der Waals surface area (Å²) in [5, 5.41) is 4.90. The molecule has 3 aromatic rings. The quantitative estimate of drug-likeness (QED) is 0.481. The van der Waals surface area contributed by atoms with Crippen molar-refractivity contribution in [1.82, 2.24) is 9.66 Å². The van der Waals surface area contributed by atoms with Crippen LogP contribution in [-0.4, -0.2) is 42.6 Å². The van der Waals surface area contributed by atoms with E-state index < -0.39 is 11.3 Å². The van der Waals surface area contributed by atoms with Crippen molar-refractivity contribution < 1.29 is 19.0 Å². The summed E-state index contributed by atoms with van der Waals surface area (Å²) in [6, 6.07) is 8.66. The average molecular weight is 517 g/mol. The molecule has 0 radical (unpaired) electrons. The first-order valence-corrected chi connectivity index (χ1v) is 10.8. The van der Waals surface area contributed by atoms with Gasteiger partial charge in [-0.2, -0.15) is 9.78 Å². The number of rotatable bonds is 7. The van der Waals surface area contributed by atoms with Crippen LogP contribution >= 0.6 is 15.9 Å². The molecule has 1 amide bonds. The van der Waals surface area contributed by atoms with Gasteiger partial charge in [-0.3, -0.25) is 9.59 Å². The standard InChI is InChI=1S/C23H25BrN4O5/c1-23(2,3)22-27-16-7-6-14(24)10-15(16)21(30)28(22)26-11-13-8-17(31-4)20(18(9-13)32-5)33-12-19(25)29/h6-11H,12H2,1-5H3,(H2,25,29). The van der Waals surface area contributed by atoms with Gasteiger partial charge in [-0.05, 0) is 30.3 Å². The van der Waals surface area contributed by atoms with Gasteiger partial charge >= 0.3 is 0 Å². The highest BCUT2D eigenvalue weighted by molar-refractivity contribution is 9.10. The molecule has 1 heterocycles. The Bertz CT molecular complexity index is 1270. The van der Waals surface area contributed by atoms with Gasteiger partial charge in [0, 0.05) is 15.5 Å². The van der Waals surface area contributed by atoms with Gasteiger partial charge in [0.25, 0.3) is 11.5 Å². The molecule has 0 atom stereocenters. The van der Waals surface area contributed by atoms with Gasteiger partial charge in [-0.15, -0.1) is 0 Å². The van der Waals surface area contributed by atoms with Crippen LogP contribution in [0.1, 0.15) is 32.2 Å². The fourth-order valence-corrected chi connectivity index (χ4v) is 3.49. The maximum Gasteiger partial charge on any atom is 0.282 e. The number of fused-ring (bicyclic) bond motifs is 1. The molecule has 0 saturated heterocycles. The number of benzene rings is 2. The second kappa shape index (κ2) is 9.62. The van der Waals surface area contributed by atoms with Crippen molar-refractivity contribution in [3.8, 4) is 17.2 Å². The van der Waals surface area contributed by atoms with Crippen molar-refractivity contribution >= 4 is 39.0 Å². The molecule has 3 rings (SSSR count). The maximum absolute atomic E-state index is 13.3. The lowest BCUT2D eigenvalue weighted by Gasteiger charge is -2.21. The minimum Gasteiger partial charge on any atom is -0.493 e. The van der Waals surface area contributed by atoms with Gasteiger partial charge in [-0.1, -0.05) is 36.7 Å². The zero-order valence-corrected chi connectivity index (χ0v) is 20.6. The van der Waals surface area contributed by atoms with E-state index in [4.69, 9.17) is 24.9 Å². The molecule has 0 spiro atoms. The highest BCUT2D eigenvalue weighted by atomic mass is 79.9. The highest BCUT2D eigenvalue weighted by Crippen LogP contribution is 2.38. The summed E-state index contributed by atoms with van der Waals surface area (Å²) < 4.78 is 18.3. The van der Waals surface area contributed by atoms with Crippen LogP contribution in [-0.2, 0) is 10.2 Å². The van der Waals surface area contributed by atoms with E-state index >= 15 is 0 Å². The normalized spacial score (nSPS) is 11.7. The molecule has 0 unspecified atom stereocenters. The molecule has 10 heteroatoms. The van der Waals surface area contributed by atoms with Crippen LogP contribution in [0.2, 0.25) is 0 Å². The molecule has 174 valence electrons. The summed E-state index contributed by atoms with van der Waals surface area (Å²) in [6.45, 7) is 5.55. The van der Waals surface area contributed by atoms with Crippen molar-refractivity contribution in [1.29, 1.82) is 0 Å². The van der Waals surface area contributed by atoms with Crippen LogP contribution in [0.5, 0.6) is 17.2 Å². The van der Waals surface area contributed by atoms with Crippen molar-refractivity contribution in [3.63, 3.8) is 0 Å². The number of nitrogens with two attached hydrogens (primary N) is 1. The average Bonchev–Trinajstić information content (AvgIpc) is 2.76. The molecule has 33 heavy (non-hydrogen) atoms. The Balaban J connectivity index is 2.14. The number of carbonyl (C=O) groups excluding carboxylic acids is 1. The van der Waals surface area contributed by atoms with Crippen LogP contribution in [0.3, 0.4) is 0 Å². The van der Waals surface area contributed by atoms with E-state index in [9.17, 15) is 9.59 Å². The molecule has 0 aliphatic heterocycles. The second-order valence-corrected chi connectivity index (χ2v) is 9.13. The minimum atomic E-state index is -0.630. The SMILES string of the molecule is COc1cc(C=Nn2c(C(C)(C)C)nc3ccc(Br)cc3c2=O)cc(OC)c1OCC(N)=O. The predicted molar refractivity (Wildman–Crippen MR) is 130 cm³/mol. The summed E-state index contributed by atoms with van der Waals surface area (Å²) >= 11 is 3.40. The van der Waals surface area contributed by atoms with Gasteiger partial charge in [0.15, 0.2) is 18.1 Å². The Morgan fingerprint density at radius 3 is 2.36 bits per heavy atom. The third-order valence-electron chi connectivity index (χ3n) is 4.64. The van der Waals surface area contributed by atoms with E-state index in [2.05, 4.69) is 21.0 Å². The number of hydrogen-bond acceptors (Lipinski definition) is 7. The maximum atomic E-state index is 13.3. The van der Waals surface area contributed by atoms with Gasteiger partial charge in [0.2, 0.25) is 5.75 Å². The van der Waals surface area contributed by atoms with Gasteiger partial charge in [-0.25, -0.2) is 4.98 Å². The summed E-state index contributed by atoms with van der Waals surface area (Å²) in [4.78, 5) is 29.1. The number of hydrogen-bond donors (Lipinski definition) is 1. The topological polar surface area (TPSA) is 118 Å². The molecular weight excluding hydrogens is 492 g/mol. The smallest absolute Gasteiger partial charge is 0.282 e. The molecule has 1 aromatic heterocycles. The second-order valence-electron chi connectivity index (χ2n) is 8.22. The fourth-order valence-electron chi connectivity index (χ4n) is 3.13. The van der Waals surface area contributed by atoms with Gasteiger partial charge < -0.3 is 19.9 Å². The number of nitrogens with zero attached hydrogens (tertiary/aromatic N) is 3. The van der Waals surface area contributed by atoms with Crippen molar-refractivity contribution in [2.75, 3.05) is 20.8 Å². The number of aromatic nitrogens is 2. The Labute approximate surface area is 199 Å².